The Morgan fingerprint density at radius 3 is 2.52 bits per heavy atom. The summed E-state index contributed by atoms with van der Waals surface area (Å²) in [6.07, 6.45) is 2.80. The molecule has 0 radical (unpaired) electrons. The second-order valence-electron chi connectivity index (χ2n) is 9.51. The van der Waals surface area contributed by atoms with Gasteiger partial charge in [-0.05, 0) is 57.5 Å². The van der Waals surface area contributed by atoms with Gasteiger partial charge in [0.25, 0.3) is 0 Å². The van der Waals surface area contributed by atoms with Crippen LogP contribution in [0, 0.1) is 0 Å². The highest BCUT2D eigenvalue weighted by atomic mass is 32.1. The lowest BCUT2D eigenvalue weighted by molar-refractivity contribution is -0.789. The molecule has 1 aliphatic rings. The Morgan fingerprint density at radius 1 is 1.10 bits per heavy atom. The molecule has 0 atom stereocenters. The molecule has 0 spiro atoms. The van der Waals surface area contributed by atoms with E-state index >= 15 is 0 Å². The monoisotopic (exact) mass is 407 g/mol. The van der Waals surface area contributed by atoms with E-state index in [2.05, 4.69) is 62.2 Å². The number of quaternary nitrogens is 1. The van der Waals surface area contributed by atoms with E-state index in [-0.39, 0.29) is 11.1 Å². The van der Waals surface area contributed by atoms with E-state index in [1.54, 1.807) is 17.7 Å². The summed E-state index contributed by atoms with van der Waals surface area (Å²) in [6.45, 7) is 9.24. The molecule has 0 saturated heterocycles. The second kappa shape index (κ2) is 6.00. The van der Waals surface area contributed by atoms with Crippen LogP contribution in [0.25, 0.3) is 27.3 Å². The Kier molecular flexibility index (Phi) is 3.83. The van der Waals surface area contributed by atoms with Gasteiger partial charge < -0.3 is 10.2 Å². The lowest BCUT2D eigenvalue weighted by Gasteiger charge is -2.38. The molecule has 7 heteroatoms. The van der Waals surface area contributed by atoms with Crippen LogP contribution in [0.5, 0.6) is 0 Å². The van der Waals surface area contributed by atoms with Crippen molar-refractivity contribution in [2.24, 2.45) is 0 Å². The first-order valence-corrected chi connectivity index (χ1v) is 10.8. The smallest absolute Gasteiger partial charge is 0.182 e. The normalized spacial score (nSPS) is 17.6. The number of nitrogens with two attached hydrogens (primary N) is 1. The molecule has 0 bridgehead atoms. The predicted molar refractivity (Wildman–Crippen MR) is 119 cm³/mol. The number of hydrogen-bond acceptors (Lipinski definition) is 5. The van der Waals surface area contributed by atoms with E-state index in [9.17, 15) is 0 Å². The largest absolute Gasteiger partial charge is 0.378 e. The molecule has 4 heterocycles. The van der Waals surface area contributed by atoms with Crippen LogP contribution in [0.3, 0.4) is 0 Å². The summed E-state index contributed by atoms with van der Waals surface area (Å²) < 4.78 is 1.84. The number of nitrogens with zero attached hydrogens (tertiary/aromatic N) is 5. The van der Waals surface area contributed by atoms with Crippen molar-refractivity contribution in [2.75, 3.05) is 19.0 Å². The molecule has 6 nitrogen and oxygen atoms in total. The molecule has 0 saturated carbocycles. The Morgan fingerprint density at radius 2 is 1.83 bits per heavy atom. The fourth-order valence-corrected chi connectivity index (χ4v) is 5.95. The zero-order valence-electron chi connectivity index (χ0n) is 17.8. The van der Waals surface area contributed by atoms with Crippen molar-refractivity contribution in [3.63, 3.8) is 0 Å². The molecule has 0 unspecified atom stereocenters. The molecule has 1 aliphatic heterocycles. The fourth-order valence-electron chi connectivity index (χ4n) is 4.72. The van der Waals surface area contributed by atoms with Gasteiger partial charge in [-0.1, -0.05) is 0 Å². The lowest BCUT2D eigenvalue weighted by Crippen LogP contribution is -3.03. The van der Waals surface area contributed by atoms with E-state index in [1.807, 2.05) is 18.6 Å². The molecule has 29 heavy (non-hydrogen) atoms. The van der Waals surface area contributed by atoms with Gasteiger partial charge in [0.2, 0.25) is 0 Å². The van der Waals surface area contributed by atoms with E-state index < -0.39 is 0 Å². The van der Waals surface area contributed by atoms with Crippen LogP contribution in [0.4, 0.5) is 5.69 Å². The summed E-state index contributed by atoms with van der Waals surface area (Å²) in [5, 5.41) is 8.39. The molecule has 150 valence electrons. The first kappa shape index (κ1) is 18.5. The van der Waals surface area contributed by atoms with E-state index in [4.69, 9.17) is 15.1 Å². The Bertz CT molecular complexity index is 1230. The third-order valence-electron chi connectivity index (χ3n) is 5.74. The van der Waals surface area contributed by atoms with E-state index in [0.717, 1.165) is 34.0 Å². The third kappa shape index (κ3) is 2.91. The van der Waals surface area contributed by atoms with Crippen LogP contribution >= 0.6 is 11.3 Å². The lowest BCUT2D eigenvalue weighted by atomic mass is 9.82. The molecule has 5 rings (SSSR count). The predicted octanol–water partition coefficient (Wildman–Crippen LogP) is 3.21. The minimum Gasteiger partial charge on any atom is -0.378 e. The van der Waals surface area contributed by atoms with Gasteiger partial charge in [-0.15, -0.1) is 16.4 Å². The number of rotatable bonds is 2. The maximum atomic E-state index is 4.96. The van der Waals surface area contributed by atoms with Gasteiger partial charge in [0.05, 0.1) is 15.8 Å². The second-order valence-corrected chi connectivity index (χ2v) is 10.5. The highest BCUT2D eigenvalue weighted by molar-refractivity contribution is 7.19. The quantitative estimate of drug-likeness (QED) is 0.554. The average Bonchev–Trinajstić information content (AvgIpc) is 3.21. The molecular formula is C22H27N6S+. The van der Waals surface area contributed by atoms with E-state index in [0.29, 0.717) is 0 Å². The van der Waals surface area contributed by atoms with Crippen molar-refractivity contribution >= 4 is 32.9 Å². The summed E-state index contributed by atoms with van der Waals surface area (Å²) in [7, 11) is 4.08. The maximum Gasteiger partial charge on any atom is 0.182 e. The van der Waals surface area contributed by atoms with Gasteiger partial charge >= 0.3 is 0 Å². The van der Waals surface area contributed by atoms with Crippen molar-refractivity contribution < 1.29 is 5.32 Å². The summed E-state index contributed by atoms with van der Waals surface area (Å²) in [4.78, 5) is 14.2. The molecule has 0 aliphatic carbocycles. The van der Waals surface area contributed by atoms with Gasteiger partial charge in [-0.3, -0.25) is 0 Å². The number of fused-ring (bicyclic) bond motifs is 5. The van der Waals surface area contributed by atoms with Crippen LogP contribution < -0.4 is 10.2 Å². The van der Waals surface area contributed by atoms with Gasteiger partial charge in [0.1, 0.15) is 16.7 Å². The molecule has 0 amide bonds. The molecule has 3 aromatic heterocycles. The molecule has 0 fully saturated rings. The van der Waals surface area contributed by atoms with Crippen molar-refractivity contribution in [2.45, 2.75) is 45.2 Å². The zero-order valence-corrected chi connectivity index (χ0v) is 18.6. The van der Waals surface area contributed by atoms with Crippen LogP contribution in [-0.4, -0.2) is 39.2 Å². The highest BCUT2D eigenvalue weighted by Crippen LogP contribution is 2.41. The first-order valence-electron chi connectivity index (χ1n) is 9.97. The number of anilines is 1. The summed E-state index contributed by atoms with van der Waals surface area (Å²) >= 11 is 1.80. The highest BCUT2D eigenvalue weighted by Gasteiger charge is 2.43. The summed E-state index contributed by atoms with van der Waals surface area (Å²) in [5.74, 6) is 0.741. The van der Waals surface area contributed by atoms with Crippen LogP contribution in [0.2, 0.25) is 0 Å². The Labute approximate surface area is 174 Å². The third-order valence-corrected chi connectivity index (χ3v) is 7.22. The van der Waals surface area contributed by atoms with Gasteiger partial charge in [-0.2, -0.15) is 0 Å². The minimum absolute atomic E-state index is 0.0320. The van der Waals surface area contributed by atoms with Crippen molar-refractivity contribution in [3.05, 3.63) is 41.0 Å². The van der Waals surface area contributed by atoms with Crippen molar-refractivity contribution in [1.29, 1.82) is 0 Å². The minimum atomic E-state index is 0.0320. The average molecular weight is 408 g/mol. The molecule has 4 aromatic rings. The SMILES string of the molecule is CN(C)c1ccc(-c2nc3c4c5c(sc4ncn3n2)C(C)(C)[NH2+]C(C)(C)C5)cc1. The standard InChI is InChI=1S/C22H26N6S/c1-21(2)11-15-16-19-24-18(13-7-9-14(10-8-13)27(5)6)25-28(19)12-23-20(16)29-17(15)22(3,4)26-21/h7-10,12,26H,11H2,1-6H3/p+1. The Hall–Kier alpha value is -2.51. The number of benzene rings is 1. The number of hydrogen-bond donors (Lipinski definition) is 1. The fraction of sp³-hybridized carbons (Fsp3) is 0.409. The molecule has 1 aromatic carbocycles. The summed E-state index contributed by atoms with van der Waals surface area (Å²) in [6, 6.07) is 8.36. The summed E-state index contributed by atoms with van der Waals surface area (Å²) in [5.41, 5.74) is 4.65. The number of thiophene rings is 1. The van der Waals surface area contributed by atoms with Crippen molar-refractivity contribution in [3.8, 4) is 11.4 Å². The topological polar surface area (TPSA) is 62.9 Å². The zero-order chi connectivity index (χ0) is 20.6. The molecule has 2 N–H and O–H groups in total. The van der Waals surface area contributed by atoms with Gasteiger partial charge in [-0.25, -0.2) is 14.5 Å². The van der Waals surface area contributed by atoms with Crippen molar-refractivity contribution in [1.82, 2.24) is 19.6 Å². The Balaban J connectivity index is 1.71. The van der Waals surface area contributed by atoms with Crippen LogP contribution in [-0.2, 0) is 12.0 Å². The number of aromatic nitrogens is 4. The maximum absolute atomic E-state index is 4.96. The van der Waals surface area contributed by atoms with Gasteiger partial charge in [0.15, 0.2) is 11.5 Å². The van der Waals surface area contributed by atoms with Crippen LogP contribution in [0.15, 0.2) is 30.6 Å². The van der Waals surface area contributed by atoms with Gasteiger partial charge in [0, 0.05) is 31.8 Å². The molecular weight excluding hydrogens is 380 g/mol. The van der Waals surface area contributed by atoms with E-state index in [1.165, 1.54) is 15.8 Å². The first-order chi connectivity index (χ1) is 13.6. The van der Waals surface area contributed by atoms with Crippen LogP contribution in [0.1, 0.15) is 38.1 Å².